The van der Waals surface area contributed by atoms with Gasteiger partial charge >= 0.3 is 0 Å². The van der Waals surface area contributed by atoms with Crippen molar-refractivity contribution in [2.24, 2.45) is 0 Å². The summed E-state index contributed by atoms with van der Waals surface area (Å²) in [5.41, 5.74) is 10.7. The average Bonchev–Trinajstić information content (AvgIpc) is 3.56. The van der Waals surface area contributed by atoms with Gasteiger partial charge in [0.05, 0.1) is 10.4 Å². The lowest BCUT2D eigenvalue weighted by Gasteiger charge is -2.27. The minimum atomic E-state index is 1.12. The topological polar surface area (TPSA) is 3.24 Å². The SMILES string of the molecule is c1ccc(-c2ccc(-c3ccc(N(c4cccc(-c5ccccc5)c4)c4cccc5c4sc4c6ccccc6ccc54)cc3)cc2)cc1. The van der Waals surface area contributed by atoms with Crippen LogP contribution in [-0.2, 0) is 0 Å². The highest BCUT2D eigenvalue weighted by Gasteiger charge is 2.19. The maximum absolute atomic E-state index is 2.43. The van der Waals surface area contributed by atoms with E-state index < -0.39 is 0 Å². The highest BCUT2D eigenvalue weighted by atomic mass is 32.1. The van der Waals surface area contributed by atoms with Crippen molar-refractivity contribution >= 4 is 59.3 Å². The van der Waals surface area contributed by atoms with Gasteiger partial charge in [-0.25, -0.2) is 0 Å². The normalized spacial score (nSPS) is 11.3. The second kappa shape index (κ2) is 12.0. The standard InChI is InChI=1S/C46H31NS/c1-3-11-32(12-4-1)34-21-23-35(24-22-34)36-25-28-39(29-26-36)47(40-17-9-16-38(31-40)33-13-5-2-6-14-33)44-20-10-19-42-43-30-27-37-15-7-8-18-41(37)45(43)48-46(42)44/h1-31H. The summed E-state index contributed by atoms with van der Waals surface area (Å²) in [5.74, 6) is 0. The predicted molar refractivity (Wildman–Crippen MR) is 208 cm³/mol. The van der Waals surface area contributed by atoms with E-state index in [9.17, 15) is 0 Å². The number of anilines is 3. The van der Waals surface area contributed by atoms with Gasteiger partial charge in [-0.1, -0.05) is 158 Å². The Bertz CT molecular complexity index is 2530. The van der Waals surface area contributed by atoms with Gasteiger partial charge in [0.1, 0.15) is 0 Å². The molecule has 0 amide bonds. The minimum Gasteiger partial charge on any atom is -0.309 e. The molecule has 0 aliphatic heterocycles. The summed E-state index contributed by atoms with van der Waals surface area (Å²) in [5, 5.41) is 5.18. The molecule has 1 aromatic heterocycles. The summed E-state index contributed by atoms with van der Waals surface area (Å²) < 4.78 is 2.62. The van der Waals surface area contributed by atoms with Gasteiger partial charge in [0.15, 0.2) is 0 Å². The van der Waals surface area contributed by atoms with Crippen molar-refractivity contribution in [1.29, 1.82) is 0 Å². The van der Waals surface area contributed by atoms with Gasteiger partial charge in [0, 0.05) is 26.8 Å². The van der Waals surface area contributed by atoms with E-state index in [1.807, 2.05) is 11.3 Å². The van der Waals surface area contributed by atoms with E-state index in [4.69, 9.17) is 0 Å². The van der Waals surface area contributed by atoms with Crippen molar-refractivity contribution in [2.75, 3.05) is 4.90 Å². The van der Waals surface area contributed by atoms with E-state index >= 15 is 0 Å². The van der Waals surface area contributed by atoms with E-state index in [2.05, 4.69) is 193 Å². The van der Waals surface area contributed by atoms with Gasteiger partial charge in [-0.05, 0) is 74.5 Å². The summed E-state index contributed by atoms with van der Waals surface area (Å²) >= 11 is 1.89. The molecule has 0 saturated carbocycles. The van der Waals surface area contributed by atoms with Crippen molar-refractivity contribution in [1.82, 2.24) is 0 Å². The summed E-state index contributed by atoms with van der Waals surface area (Å²) in [6.07, 6.45) is 0. The molecule has 8 aromatic carbocycles. The molecular weight excluding hydrogens is 599 g/mol. The molecule has 1 heterocycles. The first-order valence-corrected chi connectivity index (χ1v) is 17.2. The van der Waals surface area contributed by atoms with Gasteiger partial charge in [-0.3, -0.25) is 0 Å². The van der Waals surface area contributed by atoms with Crippen molar-refractivity contribution in [2.45, 2.75) is 0 Å². The average molecular weight is 630 g/mol. The van der Waals surface area contributed by atoms with Crippen LogP contribution in [0.3, 0.4) is 0 Å². The van der Waals surface area contributed by atoms with Crippen LogP contribution in [0.4, 0.5) is 17.1 Å². The zero-order valence-corrected chi connectivity index (χ0v) is 27.1. The third kappa shape index (κ3) is 5.04. The van der Waals surface area contributed by atoms with E-state index in [0.29, 0.717) is 0 Å². The summed E-state index contributed by atoms with van der Waals surface area (Å²) in [4.78, 5) is 2.43. The Morgan fingerprint density at radius 1 is 0.312 bits per heavy atom. The fourth-order valence-corrected chi connectivity index (χ4v) is 8.20. The molecule has 0 spiro atoms. The van der Waals surface area contributed by atoms with Crippen LogP contribution < -0.4 is 4.90 Å². The number of hydrogen-bond acceptors (Lipinski definition) is 2. The second-order valence-electron chi connectivity index (χ2n) is 12.2. The summed E-state index contributed by atoms with van der Waals surface area (Å²) in [6, 6.07) is 68.0. The lowest BCUT2D eigenvalue weighted by molar-refractivity contribution is 1.30. The van der Waals surface area contributed by atoms with E-state index in [-0.39, 0.29) is 0 Å². The maximum Gasteiger partial charge on any atom is 0.0640 e. The largest absolute Gasteiger partial charge is 0.309 e. The molecule has 0 unspecified atom stereocenters. The van der Waals surface area contributed by atoms with E-state index in [1.165, 1.54) is 70.0 Å². The first-order valence-electron chi connectivity index (χ1n) is 16.3. The van der Waals surface area contributed by atoms with Crippen molar-refractivity contribution in [3.63, 3.8) is 0 Å². The van der Waals surface area contributed by atoms with Gasteiger partial charge in [-0.15, -0.1) is 11.3 Å². The minimum absolute atomic E-state index is 1.12. The quantitative estimate of drug-likeness (QED) is 0.177. The van der Waals surface area contributed by atoms with Crippen LogP contribution in [0.1, 0.15) is 0 Å². The number of thiophene rings is 1. The molecule has 0 radical (unpaired) electrons. The Balaban J connectivity index is 1.18. The molecule has 0 fully saturated rings. The maximum atomic E-state index is 2.43. The molecule has 1 nitrogen and oxygen atoms in total. The van der Waals surface area contributed by atoms with Crippen molar-refractivity contribution in [3.8, 4) is 33.4 Å². The van der Waals surface area contributed by atoms with Crippen LogP contribution in [-0.4, -0.2) is 0 Å². The molecule has 48 heavy (non-hydrogen) atoms. The molecule has 2 heteroatoms. The van der Waals surface area contributed by atoms with Crippen LogP contribution in [0.5, 0.6) is 0 Å². The first kappa shape index (κ1) is 28.3. The highest BCUT2D eigenvalue weighted by molar-refractivity contribution is 7.27. The Morgan fingerprint density at radius 2 is 0.833 bits per heavy atom. The van der Waals surface area contributed by atoms with Crippen molar-refractivity contribution in [3.05, 3.63) is 188 Å². The zero-order chi connectivity index (χ0) is 31.9. The van der Waals surface area contributed by atoms with Crippen LogP contribution in [0, 0.1) is 0 Å². The number of hydrogen-bond donors (Lipinski definition) is 0. The van der Waals surface area contributed by atoms with Crippen LogP contribution in [0.15, 0.2) is 188 Å². The Morgan fingerprint density at radius 3 is 1.54 bits per heavy atom. The number of rotatable bonds is 6. The van der Waals surface area contributed by atoms with Crippen LogP contribution in [0.25, 0.3) is 64.3 Å². The molecule has 9 aromatic rings. The van der Waals surface area contributed by atoms with E-state index in [0.717, 1.165) is 11.4 Å². The first-order chi connectivity index (χ1) is 23.8. The van der Waals surface area contributed by atoms with Gasteiger partial charge in [0.25, 0.3) is 0 Å². The Kier molecular flexibility index (Phi) is 7.07. The van der Waals surface area contributed by atoms with Gasteiger partial charge in [-0.2, -0.15) is 0 Å². The molecule has 0 atom stereocenters. The Labute approximate surface area is 284 Å². The molecular formula is C46H31NS. The highest BCUT2D eigenvalue weighted by Crippen LogP contribution is 2.47. The fraction of sp³-hybridized carbons (Fsp3) is 0. The van der Waals surface area contributed by atoms with E-state index in [1.54, 1.807) is 0 Å². The molecule has 0 N–H and O–H groups in total. The number of benzene rings is 8. The van der Waals surface area contributed by atoms with Gasteiger partial charge in [0.2, 0.25) is 0 Å². The van der Waals surface area contributed by atoms with Crippen molar-refractivity contribution < 1.29 is 0 Å². The fourth-order valence-electron chi connectivity index (χ4n) is 6.86. The Hall–Kier alpha value is -5.96. The van der Waals surface area contributed by atoms with Crippen LogP contribution in [0.2, 0.25) is 0 Å². The lowest BCUT2D eigenvalue weighted by atomic mass is 10.00. The van der Waals surface area contributed by atoms with Crippen LogP contribution >= 0.6 is 11.3 Å². The summed E-state index contributed by atoms with van der Waals surface area (Å²) in [7, 11) is 0. The third-order valence-electron chi connectivity index (χ3n) is 9.27. The smallest absolute Gasteiger partial charge is 0.0640 e. The monoisotopic (exact) mass is 629 g/mol. The molecule has 0 saturated heterocycles. The third-order valence-corrected chi connectivity index (χ3v) is 10.5. The number of fused-ring (bicyclic) bond motifs is 5. The predicted octanol–water partition coefficient (Wildman–Crippen LogP) is 13.7. The molecule has 0 aliphatic rings. The zero-order valence-electron chi connectivity index (χ0n) is 26.3. The lowest BCUT2D eigenvalue weighted by Crippen LogP contribution is -2.10. The van der Waals surface area contributed by atoms with Gasteiger partial charge < -0.3 is 4.90 Å². The molecule has 9 rings (SSSR count). The molecule has 0 aliphatic carbocycles. The summed E-state index contributed by atoms with van der Waals surface area (Å²) in [6.45, 7) is 0. The molecule has 226 valence electrons. The molecule has 0 bridgehead atoms. The second-order valence-corrected chi connectivity index (χ2v) is 13.2. The number of nitrogens with zero attached hydrogens (tertiary/aromatic N) is 1.